The zero-order valence-corrected chi connectivity index (χ0v) is 14.8. The van der Waals surface area contributed by atoms with Crippen molar-refractivity contribution in [2.45, 2.75) is 45.1 Å². The van der Waals surface area contributed by atoms with Crippen LogP contribution in [0, 0.1) is 17.2 Å². The summed E-state index contributed by atoms with van der Waals surface area (Å²) in [5, 5.41) is 14.0. The molecule has 0 spiro atoms. The zero-order valence-electron chi connectivity index (χ0n) is 14.8. The molecule has 0 saturated heterocycles. The Morgan fingerprint density at radius 2 is 2.00 bits per heavy atom. The minimum atomic E-state index is -1.01. The molecule has 2 amide bonds. The van der Waals surface area contributed by atoms with Crippen LogP contribution in [0.2, 0.25) is 0 Å². The van der Waals surface area contributed by atoms with E-state index in [9.17, 15) is 14.4 Å². The monoisotopic (exact) mass is 357 g/mol. The second-order valence-corrected chi connectivity index (χ2v) is 6.37. The van der Waals surface area contributed by atoms with Gasteiger partial charge in [0.1, 0.15) is 6.54 Å². The summed E-state index contributed by atoms with van der Waals surface area (Å²) in [5.74, 6) is -1.34. The normalized spacial score (nSPS) is 15.4. The molecular weight excluding hydrogens is 334 g/mol. The summed E-state index contributed by atoms with van der Waals surface area (Å²) in [6.45, 7) is 1.20. The SMILES string of the molecule is C[C@H](OC(=O)CNC(=O)C1CCCCC1)C(=O)Nc1cccc(C#N)c1. The Hall–Kier alpha value is -2.88. The van der Waals surface area contributed by atoms with Crippen molar-refractivity contribution < 1.29 is 19.1 Å². The average Bonchev–Trinajstić information content (AvgIpc) is 2.66. The standard InChI is InChI=1S/C19H23N3O4/c1-13(18(24)22-16-9-5-6-14(10-16)11-20)26-17(23)12-21-19(25)15-7-3-2-4-8-15/h5-6,9-10,13,15H,2-4,7-8,12H2,1H3,(H,21,25)(H,22,24)/t13-/m0/s1. The molecule has 1 atom stereocenters. The molecule has 0 unspecified atom stereocenters. The number of amides is 2. The van der Waals surface area contributed by atoms with Gasteiger partial charge in [-0.2, -0.15) is 5.26 Å². The molecule has 1 aliphatic rings. The maximum atomic E-state index is 12.1. The highest BCUT2D eigenvalue weighted by Crippen LogP contribution is 2.23. The highest BCUT2D eigenvalue weighted by atomic mass is 16.5. The van der Waals surface area contributed by atoms with Gasteiger partial charge >= 0.3 is 5.97 Å². The second-order valence-electron chi connectivity index (χ2n) is 6.37. The third kappa shape index (κ3) is 5.88. The first-order valence-electron chi connectivity index (χ1n) is 8.78. The van der Waals surface area contributed by atoms with Crippen molar-refractivity contribution in [3.8, 4) is 6.07 Å². The van der Waals surface area contributed by atoms with Crippen LogP contribution >= 0.6 is 0 Å². The third-order valence-electron chi connectivity index (χ3n) is 4.32. The molecule has 26 heavy (non-hydrogen) atoms. The van der Waals surface area contributed by atoms with E-state index in [-0.39, 0.29) is 18.4 Å². The van der Waals surface area contributed by atoms with Crippen LogP contribution in [0.5, 0.6) is 0 Å². The summed E-state index contributed by atoms with van der Waals surface area (Å²) in [4.78, 5) is 35.9. The molecule has 1 aliphatic carbocycles. The number of nitriles is 1. The Balaban J connectivity index is 1.75. The first kappa shape index (κ1) is 19.4. The summed E-state index contributed by atoms with van der Waals surface area (Å²) in [7, 11) is 0. The number of rotatable bonds is 6. The fourth-order valence-corrected chi connectivity index (χ4v) is 2.87. The number of esters is 1. The average molecular weight is 357 g/mol. The van der Waals surface area contributed by atoms with Gasteiger partial charge in [0, 0.05) is 11.6 Å². The lowest BCUT2D eigenvalue weighted by molar-refractivity contribution is -0.153. The Labute approximate surface area is 152 Å². The predicted octanol–water partition coefficient (Wildman–Crippen LogP) is 2.12. The molecule has 2 N–H and O–H groups in total. The summed E-state index contributed by atoms with van der Waals surface area (Å²) >= 11 is 0. The minimum Gasteiger partial charge on any atom is -0.451 e. The summed E-state index contributed by atoms with van der Waals surface area (Å²) in [5.41, 5.74) is 0.862. The Bertz CT molecular complexity index is 705. The van der Waals surface area contributed by atoms with Crippen LogP contribution in [-0.2, 0) is 19.1 Å². The number of nitrogens with one attached hydrogen (secondary N) is 2. The Morgan fingerprint density at radius 1 is 1.27 bits per heavy atom. The molecule has 7 nitrogen and oxygen atoms in total. The predicted molar refractivity (Wildman–Crippen MR) is 94.9 cm³/mol. The minimum absolute atomic E-state index is 0.0373. The van der Waals surface area contributed by atoms with Crippen molar-refractivity contribution in [1.82, 2.24) is 5.32 Å². The largest absolute Gasteiger partial charge is 0.451 e. The summed E-state index contributed by atoms with van der Waals surface area (Å²) in [6, 6.07) is 8.40. The number of carbonyl (C=O) groups excluding carboxylic acids is 3. The molecule has 0 aliphatic heterocycles. The van der Waals surface area contributed by atoms with E-state index in [1.165, 1.54) is 13.0 Å². The number of hydrogen-bond donors (Lipinski definition) is 2. The van der Waals surface area contributed by atoms with E-state index in [1.807, 2.05) is 6.07 Å². The molecule has 0 heterocycles. The molecule has 1 saturated carbocycles. The summed E-state index contributed by atoms with van der Waals surface area (Å²) in [6.07, 6.45) is 3.90. The van der Waals surface area contributed by atoms with Crippen molar-refractivity contribution in [3.05, 3.63) is 29.8 Å². The fraction of sp³-hybridized carbons (Fsp3) is 0.474. The van der Waals surface area contributed by atoms with Crippen LogP contribution in [0.25, 0.3) is 0 Å². The molecule has 0 radical (unpaired) electrons. The van der Waals surface area contributed by atoms with Gasteiger partial charge in [-0.05, 0) is 38.0 Å². The number of anilines is 1. The molecular formula is C19H23N3O4. The van der Waals surface area contributed by atoms with Crippen LogP contribution in [0.4, 0.5) is 5.69 Å². The van der Waals surface area contributed by atoms with Crippen molar-refractivity contribution in [2.24, 2.45) is 5.92 Å². The molecule has 0 bridgehead atoms. The third-order valence-corrected chi connectivity index (χ3v) is 4.32. The van der Waals surface area contributed by atoms with E-state index in [1.54, 1.807) is 18.2 Å². The Kier molecular flexibility index (Phi) is 7.15. The maximum Gasteiger partial charge on any atom is 0.326 e. The number of carbonyl (C=O) groups is 3. The lowest BCUT2D eigenvalue weighted by atomic mass is 9.89. The molecule has 0 aromatic heterocycles. The van der Waals surface area contributed by atoms with E-state index in [2.05, 4.69) is 10.6 Å². The zero-order chi connectivity index (χ0) is 18.9. The highest BCUT2D eigenvalue weighted by molar-refractivity contribution is 5.95. The van der Waals surface area contributed by atoms with E-state index >= 15 is 0 Å². The first-order chi connectivity index (χ1) is 12.5. The molecule has 1 aromatic carbocycles. The number of ether oxygens (including phenoxy) is 1. The van der Waals surface area contributed by atoms with E-state index in [0.29, 0.717) is 11.3 Å². The molecule has 1 fully saturated rings. The van der Waals surface area contributed by atoms with Gasteiger partial charge in [-0.3, -0.25) is 14.4 Å². The van der Waals surface area contributed by atoms with Crippen LogP contribution in [0.15, 0.2) is 24.3 Å². The molecule has 138 valence electrons. The molecule has 7 heteroatoms. The van der Waals surface area contributed by atoms with Gasteiger partial charge in [0.2, 0.25) is 5.91 Å². The van der Waals surface area contributed by atoms with Crippen molar-refractivity contribution in [1.29, 1.82) is 5.26 Å². The van der Waals surface area contributed by atoms with Crippen molar-refractivity contribution in [2.75, 3.05) is 11.9 Å². The van der Waals surface area contributed by atoms with E-state index < -0.39 is 18.0 Å². The van der Waals surface area contributed by atoms with E-state index in [0.717, 1.165) is 32.1 Å². The number of benzene rings is 1. The van der Waals surface area contributed by atoms with Gasteiger partial charge in [-0.25, -0.2) is 0 Å². The lowest BCUT2D eigenvalue weighted by Gasteiger charge is -2.20. The van der Waals surface area contributed by atoms with Gasteiger partial charge in [-0.15, -0.1) is 0 Å². The van der Waals surface area contributed by atoms with Crippen LogP contribution in [-0.4, -0.2) is 30.4 Å². The molecule has 2 rings (SSSR count). The van der Waals surface area contributed by atoms with E-state index in [4.69, 9.17) is 10.00 Å². The van der Waals surface area contributed by atoms with Gasteiger partial charge in [0.25, 0.3) is 5.91 Å². The maximum absolute atomic E-state index is 12.1. The topological polar surface area (TPSA) is 108 Å². The van der Waals surface area contributed by atoms with Crippen molar-refractivity contribution >= 4 is 23.5 Å². The number of nitrogens with zero attached hydrogens (tertiary/aromatic N) is 1. The van der Waals surface area contributed by atoms with Crippen molar-refractivity contribution in [3.63, 3.8) is 0 Å². The van der Waals surface area contributed by atoms with Gasteiger partial charge < -0.3 is 15.4 Å². The van der Waals surface area contributed by atoms with Crippen LogP contribution in [0.3, 0.4) is 0 Å². The summed E-state index contributed by atoms with van der Waals surface area (Å²) < 4.78 is 5.05. The van der Waals surface area contributed by atoms with Gasteiger partial charge in [0.15, 0.2) is 6.10 Å². The van der Waals surface area contributed by atoms with Gasteiger partial charge in [-0.1, -0.05) is 25.3 Å². The second kappa shape index (κ2) is 9.56. The Morgan fingerprint density at radius 3 is 2.69 bits per heavy atom. The van der Waals surface area contributed by atoms with Gasteiger partial charge in [0.05, 0.1) is 11.6 Å². The first-order valence-corrected chi connectivity index (χ1v) is 8.78. The van der Waals surface area contributed by atoms with Crippen LogP contribution < -0.4 is 10.6 Å². The number of hydrogen-bond acceptors (Lipinski definition) is 5. The smallest absolute Gasteiger partial charge is 0.326 e. The quantitative estimate of drug-likeness (QED) is 0.758. The van der Waals surface area contributed by atoms with Crippen LogP contribution in [0.1, 0.15) is 44.6 Å². The highest BCUT2D eigenvalue weighted by Gasteiger charge is 2.23. The molecule has 1 aromatic rings. The fourth-order valence-electron chi connectivity index (χ4n) is 2.87. The lowest BCUT2D eigenvalue weighted by Crippen LogP contribution is -2.38.